The lowest BCUT2D eigenvalue weighted by Crippen LogP contribution is -1.91. The molecule has 0 spiro atoms. The van der Waals surface area contributed by atoms with Crippen LogP contribution in [0, 0.1) is 6.92 Å². The monoisotopic (exact) mass is 207 g/mol. The van der Waals surface area contributed by atoms with E-state index in [2.05, 4.69) is 4.98 Å². The van der Waals surface area contributed by atoms with E-state index >= 15 is 0 Å². The van der Waals surface area contributed by atoms with E-state index < -0.39 is 0 Å². The van der Waals surface area contributed by atoms with Crippen molar-refractivity contribution in [2.45, 2.75) is 13.5 Å². The van der Waals surface area contributed by atoms with Gasteiger partial charge in [-0.3, -0.25) is 4.98 Å². The van der Waals surface area contributed by atoms with Crippen LogP contribution in [0.15, 0.2) is 24.3 Å². The van der Waals surface area contributed by atoms with Crippen LogP contribution in [0.5, 0.6) is 0 Å². The smallest absolute Gasteiger partial charge is 0.0723 e. The molecular formula is C11H10ClNO. The Morgan fingerprint density at radius 2 is 2.14 bits per heavy atom. The molecule has 0 atom stereocenters. The summed E-state index contributed by atoms with van der Waals surface area (Å²) in [6.07, 6.45) is 0. The number of hydrogen-bond donors (Lipinski definition) is 1. The second-order valence-electron chi connectivity index (χ2n) is 3.24. The Bertz CT molecular complexity index is 477. The lowest BCUT2D eigenvalue weighted by Gasteiger charge is -2.05. The number of pyridine rings is 1. The first-order chi connectivity index (χ1) is 6.70. The van der Waals surface area contributed by atoms with Gasteiger partial charge in [-0.2, -0.15) is 0 Å². The largest absolute Gasteiger partial charge is 0.392 e. The third-order valence-electron chi connectivity index (χ3n) is 2.16. The van der Waals surface area contributed by atoms with E-state index in [1.54, 1.807) is 6.07 Å². The van der Waals surface area contributed by atoms with Crippen LogP contribution in [0.2, 0.25) is 5.02 Å². The Morgan fingerprint density at radius 3 is 2.86 bits per heavy atom. The van der Waals surface area contributed by atoms with Crippen molar-refractivity contribution in [3.8, 4) is 0 Å². The molecule has 1 N–H and O–H groups in total. The van der Waals surface area contributed by atoms with Crippen LogP contribution in [-0.2, 0) is 6.61 Å². The van der Waals surface area contributed by atoms with Gasteiger partial charge in [0.25, 0.3) is 0 Å². The van der Waals surface area contributed by atoms with Crippen molar-refractivity contribution < 1.29 is 5.11 Å². The molecule has 0 bridgehead atoms. The zero-order chi connectivity index (χ0) is 10.1. The molecule has 14 heavy (non-hydrogen) atoms. The molecule has 2 nitrogen and oxygen atoms in total. The molecule has 0 saturated heterocycles. The van der Waals surface area contributed by atoms with Crippen molar-refractivity contribution in [1.82, 2.24) is 4.98 Å². The Morgan fingerprint density at radius 1 is 1.36 bits per heavy atom. The lowest BCUT2D eigenvalue weighted by molar-refractivity contribution is 0.283. The Balaban J connectivity index is 2.81. The number of aryl methyl sites for hydroxylation is 1. The van der Waals surface area contributed by atoms with Gasteiger partial charge in [-0.1, -0.05) is 17.7 Å². The van der Waals surface area contributed by atoms with Gasteiger partial charge in [-0.15, -0.1) is 0 Å². The van der Waals surface area contributed by atoms with Gasteiger partial charge in [-0.05, 0) is 30.7 Å². The molecule has 0 fully saturated rings. The topological polar surface area (TPSA) is 33.1 Å². The fraction of sp³-hybridized carbons (Fsp3) is 0.182. The molecule has 0 aliphatic carbocycles. The third kappa shape index (κ3) is 1.59. The summed E-state index contributed by atoms with van der Waals surface area (Å²) in [7, 11) is 0. The molecule has 3 heteroatoms. The minimum absolute atomic E-state index is 0.0293. The Labute approximate surface area is 87.2 Å². The summed E-state index contributed by atoms with van der Waals surface area (Å²) in [5.74, 6) is 0. The summed E-state index contributed by atoms with van der Waals surface area (Å²) < 4.78 is 0. The maximum atomic E-state index is 9.17. The number of halogens is 1. The molecule has 2 aromatic rings. The summed E-state index contributed by atoms with van der Waals surface area (Å²) in [6.45, 7) is 1.93. The van der Waals surface area contributed by atoms with E-state index in [1.807, 2.05) is 25.1 Å². The number of nitrogens with zero attached hydrogens (tertiary/aromatic N) is 1. The normalized spacial score (nSPS) is 10.8. The molecule has 0 radical (unpaired) electrons. The molecule has 1 aromatic heterocycles. The highest BCUT2D eigenvalue weighted by molar-refractivity contribution is 6.31. The SMILES string of the molecule is Cc1cc(CO)c2ccc(Cl)cc2n1. The van der Waals surface area contributed by atoms with Gasteiger partial charge in [-0.25, -0.2) is 0 Å². The number of hydrogen-bond acceptors (Lipinski definition) is 2. The van der Waals surface area contributed by atoms with Crippen molar-refractivity contribution >= 4 is 22.5 Å². The first-order valence-corrected chi connectivity index (χ1v) is 4.75. The number of fused-ring (bicyclic) bond motifs is 1. The van der Waals surface area contributed by atoms with Gasteiger partial charge in [0.05, 0.1) is 12.1 Å². The third-order valence-corrected chi connectivity index (χ3v) is 2.39. The summed E-state index contributed by atoms with van der Waals surface area (Å²) in [6, 6.07) is 7.38. The van der Waals surface area contributed by atoms with E-state index in [0.717, 1.165) is 22.2 Å². The number of aliphatic hydroxyl groups is 1. The molecule has 2 rings (SSSR count). The highest BCUT2D eigenvalue weighted by Gasteiger charge is 2.03. The maximum absolute atomic E-state index is 9.17. The van der Waals surface area contributed by atoms with Gasteiger partial charge in [0.15, 0.2) is 0 Å². The molecule has 0 aliphatic heterocycles. The zero-order valence-corrected chi connectivity index (χ0v) is 8.54. The van der Waals surface area contributed by atoms with Crippen LogP contribution in [0.4, 0.5) is 0 Å². The minimum atomic E-state index is 0.0293. The van der Waals surface area contributed by atoms with Gasteiger partial charge >= 0.3 is 0 Å². The summed E-state index contributed by atoms with van der Waals surface area (Å²) in [5, 5.41) is 10.8. The van der Waals surface area contributed by atoms with Crippen LogP contribution in [-0.4, -0.2) is 10.1 Å². The number of benzene rings is 1. The Kier molecular flexibility index (Phi) is 2.40. The van der Waals surface area contributed by atoms with E-state index in [0.29, 0.717) is 5.02 Å². The van der Waals surface area contributed by atoms with Crippen LogP contribution < -0.4 is 0 Å². The van der Waals surface area contributed by atoms with Crippen molar-refractivity contribution in [2.75, 3.05) is 0 Å². The molecule has 1 aromatic carbocycles. The molecule has 0 saturated carbocycles. The van der Waals surface area contributed by atoms with E-state index in [1.165, 1.54) is 0 Å². The average Bonchev–Trinajstić information content (AvgIpc) is 2.15. The zero-order valence-electron chi connectivity index (χ0n) is 7.79. The van der Waals surface area contributed by atoms with Crippen molar-refractivity contribution in [2.24, 2.45) is 0 Å². The van der Waals surface area contributed by atoms with Crippen LogP contribution in [0.3, 0.4) is 0 Å². The molecule has 0 unspecified atom stereocenters. The highest BCUT2D eigenvalue weighted by atomic mass is 35.5. The average molecular weight is 208 g/mol. The number of rotatable bonds is 1. The van der Waals surface area contributed by atoms with Crippen LogP contribution in [0.25, 0.3) is 10.9 Å². The first kappa shape index (κ1) is 9.44. The minimum Gasteiger partial charge on any atom is -0.392 e. The predicted molar refractivity (Wildman–Crippen MR) is 57.4 cm³/mol. The molecule has 0 aliphatic rings. The fourth-order valence-electron chi connectivity index (χ4n) is 1.55. The van der Waals surface area contributed by atoms with Crippen LogP contribution in [0.1, 0.15) is 11.3 Å². The summed E-state index contributed by atoms with van der Waals surface area (Å²) in [5.41, 5.74) is 2.62. The first-order valence-electron chi connectivity index (χ1n) is 4.37. The highest BCUT2D eigenvalue weighted by Crippen LogP contribution is 2.21. The molecular weight excluding hydrogens is 198 g/mol. The lowest BCUT2D eigenvalue weighted by atomic mass is 10.1. The van der Waals surface area contributed by atoms with Crippen LogP contribution >= 0.6 is 11.6 Å². The van der Waals surface area contributed by atoms with Crippen molar-refractivity contribution in [3.05, 3.63) is 40.5 Å². The van der Waals surface area contributed by atoms with Gasteiger partial charge < -0.3 is 5.11 Å². The van der Waals surface area contributed by atoms with Gasteiger partial charge in [0.1, 0.15) is 0 Å². The number of aliphatic hydroxyl groups excluding tert-OH is 1. The van der Waals surface area contributed by atoms with Gasteiger partial charge in [0, 0.05) is 16.1 Å². The van der Waals surface area contributed by atoms with E-state index in [-0.39, 0.29) is 6.61 Å². The van der Waals surface area contributed by atoms with E-state index in [4.69, 9.17) is 16.7 Å². The summed E-state index contributed by atoms with van der Waals surface area (Å²) >= 11 is 5.86. The quantitative estimate of drug-likeness (QED) is 0.780. The van der Waals surface area contributed by atoms with Crippen molar-refractivity contribution in [1.29, 1.82) is 0 Å². The summed E-state index contributed by atoms with van der Waals surface area (Å²) in [4.78, 5) is 4.35. The molecule has 1 heterocycles. The number of aromatic nitrogens is 1. The Hall–Kier alpha value is -1.12. The van der Waals surface area contributed by atoms with E-state index in [9.17, 15) is 0 Å². The maximum Gasteiger partial charge on any atom is 0.0723 e. The second-order valence-corrected chi connectivity index (χ2v) is 3.68. The molecule has 0 amide bonds. The molecule has 72 valence electrons. The standard InChI is InChI=1S/C11H10ClNO/c1-7-4-8(6-14)10-3-2-9(12)5-11(10)13-7/h2-5,14H,6H2,1H3. The van der Waals surface area contributed by atoms with Gasteiger partial charge in [0.2, 0.25) is 0 Å². The fourth-order valence-corrected chi connectivity index (χ4v) is 1.72. The van der Waals surface area contributed by atoms with Crippen molar-refractivity contribution in [3.63, 3.8) is 0 Å². The second kappa shape index (κ2) is 3.56. The predicted octanol–water partition coefficient (Wildman–Crippen LogP) is 2.69.